The number of hydrogen-bond donors (Lipinski definition) is 0. The van der Waals surface area contributed by atoms with E-state index in [4.69, 9.17) is 9.72 Å². The molecule has 72 heavy (non-hydrogen) atoms. The van der Waals surface area contributed by atoms with Crippen molar-refractivity contribution in [3.63, 3.8) is 0 Å². The van der Waals surface area contributed by atoms with Gasteiger partial charge in [0.2, 0.25) is 0 Å². The summed E-state index contributed by atoms with van der Waals surface area (Å²) < 4.78 is 14.2. The first-order valence-electron chi connectivity index (χ1n) is 25.3. The molecular formula is C66H72N4OPt-2. The second kappa shape index (κ2) is 18.8. The summed E-state index contributed by atoms with van der Waals surface area (Å²) >= 11 is 0. The van der Waals surface area contributed by atoms with E-state index in [9.17, 15) is 0 Å². The van der Waals surface area contributed by atoms with Gasteiger partial charge in [0.05, 0.1) is 17.1 Å². The molecule has 9 rings (SSSR count). The van der Waals surface area contributed by atoms with Crippen molar-refractivity contribution in [2.24, 2.45) is 0 Å². The molecule has 0 bridgehead atoms. The van der Waals surface area contributed by atoms with Crippen molar-refractivity contribution in [3.8, 4) is 28.7 Å². The van der Waals surface area contributed by atoms with Gasteiger partial charge < -0.3 is 13.9 Å². The molecule has 0 unspecified atom stereocenters. The molecule has 0 radical (unpaired) electrons. The Kier molecular flexibility index (Phi) is 13.6. The van der Waals surface area contributed by atoms with Gasteiger partial charge in [-0.3, -0.25) is 4.57 Å². The van der Waals surface area contributed by atoms with Gasteiger partial charge in [0.1, 0.15) is 5.82 Å². The zero-order valence-electron chi connectivity index (χ0n) is 45.4. The molecule has 0 saturated carbocycles. The maximum atomic E-state index is 7.35. The Morgan fingerprint density at radius 1 is 0.500 bits per heavy atom. The maximum absolute atomic E-state index is 7.35. The molecule has 6 heteroatoms. The molecule has 9 aromatic rings. The van der Waals surface area contributed by atoms with Gasteiger partial charge in [-0.25, -0.2) is 4.98 Å². The molecule has 3 aromatic heterocycles. The minimum Gasteiger partial charge on any atom is -0.510 e. The van der Waals surface area contributed by atoms with Gasteiger partial charge in [0.25, 0.3) is 6.33 Å². The van der Waals surface area contributed by atoms with Crippen LogP contribution < -0.4 is 9.30 Å². The third kappa shape index (κ3) is 9.79. The van der Waals surface area contributed by atoms with E-state index in [1.165, 1.54) is 27.9 Å². The third-order valence-corrected chi connectivity index (χ3v) is 14.4. The van der Waals surface area contributed by atoms with E-state index in [2.05, 4.69) is 282 Å². The Morgan fingerprint density at radius 2 is 1.07 bits per heavy atom. The SMILES string of the molecule is CC(C)(C)c1cccc(-[n+]2[c-]n(-c3[c-]c(Oc4[c-]c5c(c(C(C)(C)c6ccccc6)c4)c4ccccc4n5-c4cc(C(C)(C)C)ccn4)cc(C(C)(C)c4ccccc4)c3)c(C(C)(C)C)c2C(C)(C)C)c1.[Pt]. The average Bonchev–Trinajstić information content (AvgIpc) is 3.90. The molecule has 0 saturated heterocycles. The first-order valence-corrected chi connectivity index (χ1v) is 25.3. The van der Waals surface area contributed by atoms with Crippen molar-refractivity contribution in [1.82, 2.24) is 14.1 Å². The van der Waals surface area contributed by atoms with E-state index in [0.717, 1.165) is 55.8 Å². The molecule has 0 aliphatic rings. The summed E-state index contributed by atoms with van der Waals surface area (Å²) in [6.07, 6.45) is 5.87. The van der Waals surface area contributed by atoms with Crippen molar-refractivity contribution >= 4 is 21.8 Å². The minimum absolute atomic E-state index is 0. The number of fused-ring (bicyclic) bond motifs is 3. The summed E-state index contributed by atoms with van der Waals surface area (Å²) in [5.41, 5.74) is 11.9. The summed E-state index contributed by atoms with van der Waals surface area (Å²) in [7, 11) is 0. The van der Waals surface area contributed by atoms with Gasteiger partial charge in [-0.15, -0.1) is 35.4 Å². The Morgan fingerprint density at radius 3 is 1.68 bits per heavy atom. The number of benzene rings is 6. The van der Waals surface area contributed by atoms with Crippen LogP contribution in [0.3, 0.4) is 0 Å². The zero-order chi connectivity index (χ0) is 51.1. The second-order valence-electron chi connectivity index (χ2n) is 24.7. The molecule has 374 valence electrons. The molecule has 0 amide bonds. The standard InChI is InChI=1S/C66H72N4O.Pt/c1-61(2,3)46-30-25-31-49(36-46)68-43-69(60(64(10,11)12)59(68)63(7,8)9)50-37-48(65(13,14)44-26-19-17-20-27-44)38-51(40-50)71-52-41-54(66(15,16)45-28-21-18-22-29-45)58-53-32-23-24-33-55(53)70(56(58)42-52)57-39-47(34-35-67-57)62(4,5)6;/h17-39,41H,1-16H3;/q-2;. The predicted octanol–water partition coefficient (Wildman–Crippen LogP) is 16.3. The van der Waals surface area contributed by atoms with Crippen LogP contribution in [0, 0.1) is 18.5 Å². The molecule has 6 aromatic carbocycles. The van der Waals surface area contributed by atoms with Gasteiger partial charge in [0.15, 0.2) is 0 Å². The molecule has 0 aliphatic heterocycles. The van der Waals surface area contributed by atoms with E-state index >= 15 is 0 Å². The van der Waals surface area contributed by atoms with Crippen molar-refractivity contribution in [2.75, 3.05) is 0 Å². The Labute approximate surface area is 444 Å². The molecule has 5 nitrogen and oxygen atoms in total. The van der Waals surface area contributed by atoms with Crippen LogP contribution in [-0.2, 0) is 53.6 Å². The number of pyridine rings is 1. The largest absolute Gasteiger partial charge is 0.510 e. The zero-order valence-corrected chi connectivity index (χ0v) is 47.6. The number of imidazole rings is 1. The molecule has 0 N–H and O–H groups in total. The van der Waals surface area contributed by atoms with Crippen molar-refractivity contribution in [1.29, 1.82) is 0 Å². The molecular weight excluding hydrogens is 1060 g/mol. The summed E-state index contributed by atoms with van der Waals surface area (Å²) in [6, 6.07) is 57.9. The summed E-state index contributed by atoms with van der Waals surface area (Å²) in [5, 5.41) is 2.27. The number of hydrogen-bond acceptors (Lipinski definition) is 2. The number of rotatable bonds is 9. The molecule has 3 heterocycles. The van der Waals surface area contributed by atoms with Crippen LogP contribution in [0.5, 0.6) is 11.5 Å². The van der Waals surface area contributed by atoms with Crippen LogP contribution >= 0.6 is 0 Å². The molecule has 0 atom stereocenters. The fraction of sp³-hybridized carbons (Fsp3) is 0.333. The summed E-state index contributed by atoms with van der Waals surface area (Å²) in [5.74, 6) is 2.04. The third-order valence-electron chi connectivity index (χ3n) is 14.4. The normalized spacial score (nSPS) is 12.9. The quantitative estimate of drug-likeness (QED) is 0.107. The van der Waals surface area contributed by atoms with Crippen LogP contribution in [0.2, 0.25) is 0 Å². The predicted molar refractivity (Wildman–Crippen MR) is 294 cm³/mol. The Hall–Kier alpha value is -6.03. The van der Waals surface area contributed by atoms with Crippen LogP contribution in [-0.4, -0.2) is 14.1 Å². The van der Waals surface area contributed by atoms with Crippen LogP contribution in [0.25, 0.3) is 39.0 Å². The Bertz CT molecular complexity index is 3420. The Balaban J connectivity index is 0.00000693. The first kappa shape index (κ1) is 52.3. The van der Waals surface area contributed by atoms with Crippen LogP contribution in [0.1, 0.15) is 156 Å². The van der Waals surface area contributed by atoms with E-state index in [0.29, 0.717) is 11.5 Å². The molecule has 0 aliphatic carbocycles. The van der Waals surface area contributed by atoms with Crippen LogP contribution in [0.15, 0.2) is 146 Å². The number of nitrogens with zero attached hydrogens (tertiary/aromatic N) is 4. The van der Waals surface area contributed by atoms with Crippen molar-refractivity contribution < 1.29 is 30.4 Å². The number of aromatic nitrogens is 4. The minimum atomic E-state index is -0.433. The van der Waals surface area contributed by atoms with Gasteiger partial charge in [-0.2, -0.15) is 6.07 Å². The van der Waals surface area contributed by atoms with E-state index in [1.807, 2.05) is 6.20 Å². The van der Waals surface area contributed by atoms with Gasteiger partial charge in [0, 0.05) is 44.3 Å². The number of ether oxygens (including phenoxy) is 1. The molecule has 0 spiro atoms. The number of para-hydroxylation sites is 1. The second-order valence-corrected chi connectivity index (χ2v) is 24.7. The summed E-state index contributed by atoms with van der Waals surface area (Å²) in [4.78, 5) is 5.05. The van der Waals surface area contributed by atoms with Crippen molar-refractivity contribution in [3.05, 3.63) is 209 Å². The van der Waals surface area contributed by atoms with E-state index in [1.54, 1.807) is 0 Å². The van der Waals surface area contributed by atoms with Gasteiger partial charge >= 0.3 is 0 Å². The average molecular weight is 1130 g/mol. The van der Waals surface area contributed by atoms with Crippen molar-refractivity contribution in [2.45, 2.75) is 143 Å². The monoisotopic (exact) mass is 1130 g/mol. The topological polar surface area (TPSA) is 35.9 Å². The molecule has 0 fully saturated rings. The maximum Gasteiger partial charge on any atom is 0.267 e. The summed E-state index contributed by atoms with van der Waals surface area (Å²) in [6.45, 7) is 36.6. The van der Waals surface area contributed by atoms with Gasteiger partial charge in [-0.05, 0) is 96.1 Å². The first-order chi connectivity index (χ1) is 33.2. The fourth-order valence-electron chi connectivity index (χ4n) is 10.3. The van der Waals surface area contributed by atoms with Gasteiger partial charge in [-0.1, -0.05) is 213 Å². The van der Waals surface area contributed by atoms with Crippen LogP contribution in [0.4, 0.5) is 0 Å². The van der Waals surface area contributed by atoms with E-state index in [-0.39, 0.29) is 42.7 Å². The fourth-order valence-corrected chi connectivity index (χ4v) is 10.3. The van der Waals surface area contributed by atoms with E-state index < -0.39 is 10.8 Å². The smallest absolute Gasteiger partial charge is 0.267 e.